The molecule has 0 aliphatic heterocycles. The van der Waals surface area contributed by atoms with Gasteiger partial charge in [0.2, 0.25) is 5.88 Å². The van der Waals surface area contributed by atoms with E-state index >= 15 is 0 Å². The highest BCUT2D eigenvalue weighted by atomic mass is 16.5. The molecule has 0 bridgehead atoms. The average molecular weight is 326 g/mol. The van der Waals surface area contributed by atoms with Gasteiger partial charge in [0, 0.05) is 25.0 Å². The van der Waals surface area contributed by atoms with Crippen molar-refractivity contribution in [1.29, 1.82) is 0 Å². The molecule has 4 heteroatoms. The molecule has 1 heterocycles. The van der Waals surface area contributed by atoms with E-state index in [-0.39, 0.29) is 5.60 Å². The van der Waals surface area contributed by atoms with E-state index in [0.29, 0.717) is 19.1 Å². The first kappa shape index (κ1) is 18.0. The Kier molecular flexibility index (Phi) is 6.38. The molecule has 4 nitrogen and oxygen atoms in total. The van der Waals surface area contributed by atoms with Crippen LogP contribution in [-0.2, 0) is 4.74 Å². The lowest BCUT2D eigenvalue weighted by atomic mass is 10.1. The lowest BCUT2D eigenvalue weighted by Gasteiger charge is -2.19. The minimum atomic E-state index is -0.142. The van der Waals surface area contributed by atoms with Crippen LogP contribution in [0.2, 0.25) is 0 Å². The maximum atomic E-state index is 5.61. The van der Waals surface area contributed by atoms with E-state index in [1.807, 2.05) is 46.0 Å². The summed E-state index contributed by atoms with van der Waals surface area (Å²) in [6, 6.07) is 12.1. The zero-order valence-corrected chi connectivity index (χ0v) is 14.9. The Bertz CT molecular complexity index is 641. The average Bonchev–Trinajstić information content (AvgIpc) is 2.57. The Morgan fingerprint density at radius 2 is 1.62 bits per heavy atom. The molecule has 0 radical (unpaired) electrons. The number of hydrogen-bond donors (Lipinski definition) is 1. The summed E-state index contributed by atoms with van der Waals surface area (Å²) < 4.78 is 11.2. The van der Waals surface area contributed by atoms with Gasteiger partial charge in [0.25, 0.3) is 0 Å². The third-order valence-corrected chi connectivity index (χ3v) is 3.30. The Morgan fingerprint density at radius 1 is 0.958 bits per heavy atom. The molecule has 0 atom stereocenters. The second kappa shape index (κ2) is 8.50. The first-order chi connectivity index (χ1) is 11.5. The van der Waals surface area contributed by atoms with Gasteiger partial charge in [0.1, 0.15) is 6.61 Å². The molecule has 2 aromatic rings. The van der Waals surface area contributed by atoms with Crippen molar-refractivity contribution >= 4 is 17.8 Å². The normalized spacial score (nSPS) is 11.7. The predicted octanol–water partition coefficient (Wildman–Crippen LogP) is 4.49. The first-order valence-corrected chi connectivity index (χ1v) is 8.15. The number of hydrogen-bond acceptors (Lipinski definition) is 4. The van der Waals surface area contributed by atoms with E-state index < -0.39 is 0 Å². The summed E-state index contributed by atoms with van der Waals surface area (Å²) in [6.07, 6.45) is 5.90. The Hall–Kier alpha value is -2.33. The van der Waals surface area contributed by atoms with Gasteiger partial charge in [-0.1, -0.05) is 24.3 Å². The topological polar surface area (TPSA) is 43.4 Å². The van der Waals surface area contributed by atoms with Gasteiger partial charge >= 0.3 is 0 Å². The standard InChI is InChI=1S/C20H26N2O2/c1-20(2,3)24-14-13-23-19-12-9-17(15-22-19)6-5-16-7-10-18(21-4)11-8-16/h5-12,15,21H,13-14H2,1-4H3/b6-5+. The molecular formula is C20H26N2O2. The summed E-state index contributed by atoms with van der Waals surface area (Å²) in [6.45, 7) is 7.13. The van der Waals surface area contributed by atoms with Crippen LogP contribution < -0.4 is 10.1 Å². The van der Waals surface area contributed by atoms with E-state index in [4.69, 9.17) is 9.47 Å². The Labute approximate surface area is 144 Å². The molecule has 0 unspecified atom stereocenters. The summed E-state index contributed by atoms with van der Waals surface area (Å²) in [7, 11) is 1.91. The largest absolute Gasteiger partial charge is 0.475 e. The Morgan fingerprint density at radius 3 is 2.21 bits per heavy atom. The number of rotatable bonds is 7. The van der Waals surface area contributed by atoms with Crippen molar-refractivity contribution in [2.75, 3.05) is 25.6 Å². The fourth-order valence-corrected chi connectivity index (χ4v) is 2.02. The highest BCUT2D eigenvalue weighted by Crippen LogP contribution is 2.14. The summed E-state index contributed by atoms with van der Waals surface area (Å²) in [5.41, 5.74) is 3.14. The maximum Gasteiger partial charge on any atom is 0.213 e. The van der Waals surface area contributed by atoms with E-state index in [0.717, 1.165) is 16.8 Å². The molecule has 0 spiro atoms. The van der Waals surface area contributed by atoms with Gasteiger partial charge in [-0.2, -0.15) is 0 Å². The van der Waals surface area contributed by atoms with Gasteiger partial charge in [-0.05, 0) is 50.1 Å². The third kappa shape index (κ3) is 6.42. The molecule has 0 aliphatic rings. The minimum absolute atomic E-state index is 0.142. The van der Waals surface area contributed by atoms with Crippen LogP contribution in [0.25, 0.3) is 12.2 Å². The highest BCUT2D eigenvalue weighted by Gasteiger charge is 2.09. The van der Waals surface area contributed by atoms with Gasteiger partial charge in [-0.25, -0.2) is 4.98 Å². The van der Waals surface area contributed by atoms with Crippen LogP contribution in [0.4, 0.5) is 5.69 Å². The molecule has 128 valence electrons. The summed E-state index contributed by atoms with van der Waals surface area (Å²) in [4.78, 5) is 4.31. The number of ether oxygens (including phenoxy) is 2. The predicted molar refractivity (Wildman–Crippen MR) is 100 cm³/mol. The van der Waals surface area contributed by atoms with Gasteiger partial charge in [-0.15, -0.1) is 0 Å². The fraction of sp³-hybridized carbons (Fsp3) is 0.350. The van der Waals surface area contributed by atoms with Gasteiger partial charge in [-0.3, -0.25) is 0 Å². The first-order valence-electron chi connectivity index (χ1n) is 8.15. The molecule has 0 amide bonds. The van der Waals surface area contributed by atoms with Crippen molar-refractivity contribution in [2.24, 2.45) is 0 Å². The van der Waals surface area contributed by atoms with Crippen LogP contribution in [0.5, 0.6) is 5.88 Å². The smallest absolute Gasteiger partial charge is 0.213 e. The molecule has 0 saturated heterocycles. The van der Waals surface area contributed by atoms with Crippen LogP contribution >= 0.6 is 0 Å². The Balaban J connectivity index is 1.83. The second-order valence-electron chi connectivity index (χ2n) is 6.44. The summed E-state index contributed by atoms with van der Waals surface area (Å²) >= 11 is 0. The number of anilines is 1. The zero-order valence-electron chi connectivity index (χ0n) is 14.9. The second-order valence-corrected chi connectivity index (χ2v) is 6.44. The molecule has 1 aromatic heterocycles. The van der Waals surface area contributed by atoms with Crippen LogP contribution in [0.1, 0.15) is 31.9 Å². The SMILES string of the molecule is CNc1ccc(/C=C/c2ccc(OCCOC(C)(C)C)nc2)cc1. The minimum Gasteiger partial charge on any atom is -0.475 e. The quantitative estimate of drug-likeness (QED) is 0.762. The van der Waals surface area contributed by atoms with Crippen LogP contribution in [0, 0.1) is 0 Å². The van der Waals surface area contributed by atoms with Crippen molar-refractivity contribution in [3.63, 3.8) is 0 Å². The summed E-state index contributed by atoms with van der Waals surface area (Å²) in [5.74, 6) is 0.614. The van der Waals surface area contributed by atoms with Crippen molar-refractivity contribution < 1.29 is 9.47 Å². The van der Waals surface area contributed by atoms with E-state index in [1.54, 1.807) is 6.20 Å². The van der Waals surface area contributed by atoms with E-state index in [1.165, 1.54) is 0 Å². The number of benzene rings is 1. The molecule has 0 fully saturated rings. The highest BCUT2D eigenvalue weighted by molar-refractivity contribution is 5.70. The summed E-state index contributed by atoms with van der Waals surface area (Å²) in [5, 5.41) is 3.11. The molecule has 1 N–H and O–H groups in total. The molecule has 0 saturated carbocycles. The van der Waals surface area contributed by atoms with Crippen LogP contribution in [-0.4, -0.2) is 30.8 Å². The number of aromatic nitrogens is 1. The fourth-order valence-electron chi connectivity index (χ4n) is 2.02. The van der Waals surface area contributed by atoms with Crippen molar-refractivity contribution in [3.05, 3.63) is 53.7 Å². The molecule has 1 aromatic carbocycles. The van der Waals surface area contributed by atoms with Crippen LogP contribution in [0.3, 0.4) is 0 Å². The van der Waals surface area contributed by atoms with Crippen LogP contribution in [0.15, 0.2) is 42.6 Å². The van der Waals surface area contributed by atoms with Gasteiger partial charge in [0.05, 0.1) is 12.2 Å². The van der Waals surface area contributed by atoms with E-state index in [2.05, 4.69) is 40.6 Å². The molecule has 0 aliphatic carbocycles. The van der Waals surface area contributed by atoms with Gasteiger partial charge in [0.15, 0.2) is 0 Å². The molecule has 24 heavy (non-hydrogen) atoms. The number of pyridine rings is 1. The number of nitrogens with one attached hydrogen (secondary N) is 1. The van der Waals surface area contributed by atoms with Crippen molar-refractivity contribution in [2.45, 2.75) is 26.4 Å². The number of nitrogens with zero attached hydrogens (tertiary/aromatic N) is 1. The van der Waals surface area contributed by atoms with Gasteiger partial charge < -0.3 is 14.8 Å². The molecular weight excluding hydrogens is 300 g/mol. The lowest BCUT2D eigenvalue weighted by molar-refractivity contribution is -0.0168. The molecule has 2 rings (SSSR count). The zero-order chi connectivity index (χ0) is 17.4. The monoisotopic (exact) mass is 326 g/mol. The van der Waals surface area contributed by atoms with E-state index in [9.17, 15) is 0 Å². The van der Waals surface area contributed by atoms with Crippen molar-refractivity contribution in [3.8, 4) is 5.88 Å². The van der Waals surface area contributed by atoms with Crippen molar-refractivity contribution in [1.82, 2.24) is 4.98 Å². The lowest BCUT2D eigenvalue weighted by Crippen LogP contribution is -2.22. The maximum absolute atomic E-state index is 5.61. The third-order valence-electron chi connectivity index (χ3n) is 3.30.